The molecule has 0 aliphatic carbocycles. The van der Waals surface area contributed by atoms with Crippen molar-refractivity contribution in [3.05, 3.63) is 59.7 Å². The molecule has 2 aromatic rings. The molecule has 2 atom stereocenters. The van der Waals surface area contributed by atoms with E-state index in [9.17, 15) is 4.79 Å². The van der Waals surface area contributed by atoms with Gasteiger partial charge in [-0.3, -0.25) is 19.7 Å². The maximum atomic E-state index is 12.9. The van der Waals surface area contributed by atoms with Crippen LogP contribution in [0.15, 0.2) is 42.7 Å². The van der Waals surface area contributed by atoms with Crippen LogP contribution in [0.5, 0.6) is 0 Å². The van der Waals surface area contributed by atoms with E-state index in [1.807, 2.05) is 30.0 Å². The van der Waals surface area contributed by atoms with E-state index in [0.717, 1.165) is 49.6 Å². The number of amides is 1. The Labute approximate surface area is 148 Å². The smallest absolute Gasteiger partial charge is 0.227 e. The van der Waals surface area contributed by atoms with E-state index >= 15 is 0 Å². The van der Waals surface area contributed by atoms with Gasteiger partial charge in [-0.1, -0.05) is 6.07 Å². The first-order valence-corrected chi connectivity index (χ1v) is 9.01. The second-order valence-electron chi connectivity index (χ2n) is 7.23. The summed E-state index contributed by atoms with van der Waals surface area (Å²) in [6, 6.07) is 10.1. The lowest BCUT2D eigenvalue weighted by Gasteiger charge is -2.34. The molecular weight excluding hydrogens is 312 g/mol. The molecule has 2 aliphatic heterocycles. The van der Waals surface area contributed by atoms with Gasteiger partial charge in [-0.05, 0) is 49.1 Å². The standard InChI is InChI=1S/C20H24N4O/c1-15-3-2-4-18(22-15)13-23-12-17-7-10-24(20(25)19(17)14-23)11-16-5-8-21-9-6-16/h2-6,8-9,17,19H,7,10-14H2,1H3/t17-,19-/m0/s1. The third-order valence-electron chi connectivity index (χ3n) is 5.37. The second-order valence-corrected chi connectivity index (χ2v) is 7.23. The Morgan fingerprint density at radius 2 is 1.96 bits per heavy atom. The summed E-state index contributed by atoms with van der Waals surface area (Å²) in [5.74, 6) is 0.944. The first kappa shape index (κ1) is 16.2. The van der Waals surface area contributed by atoms with Crippen LogP contribution in [0.4, 0.5) is 0 Å². The molecule has 130 valence electrons. The largest absolute Gasteiger partial charge is 0.338 e. The zero-order chi connectivity index (χ0) is 17.2. The van der Waals surface area contributed by atoms with Crippen molar-refractivity contribution in [1.82, 2.24) is 19.8 Å². The number of aryl methyl sites for hydroxylation is 1. The Balaban J connectivity index is 1.40. The number of likely N-dealkylation sites (tertiary alicyclic amines) is 2. The van der Waals surface area contributed by atoms with Gasteiger partial charge in [0.1, 0.15) is 0 Å². The lowest BCUT2D eigenvalue weighted by Crippen LogP contribution is -2.44. The third-order valence-corrected chi connectivity index (χ3v) is 5.37. The van der Waals surface area contributed by atoms with Crippen LogP contribution in [0.3, 0.4) is 0 Å². The number of aromatic nitrogens is 2. The zero-order valence-electron chi connectivity index (χ0n) is 14.6. The van der Waals surface area contributed by atoms with Gasteiger partial charge >= 0.3 is 0 Å². The SMILES string of the molecule is Cc1cccc(CN2C[C@@H]3CCN(Cc4ccncc4)C(=O)[C@H]3C2)n1. The van der Waals surface area contributed by atoms with Gasteiger partial charge in [0, 0.05) is 50.8 Å². The molecule has 1 amide bonds. The molecule has 4 heterocycles. The maximum absolute atomic E-state index is 12.9. The molecule has 0 spiro atoms. The van der Waals surface area contributed by atoms with Crippen LogP contribution in [-0.2, 0) is 17.9 Å². The summed E-state index contributed by atoms with van der Waals surface area (Å²) in [7, 11) is 0. The Kier molecular flexibility index (Phi) is 4.49. The predicted molar refractivity (Wildman–Crippen MR) is 95.5 cm³/mol. The molecule has 2 aromatic heterocycles. The van der Waals surface area contributed by atoms with Crippen molar-refractivity contribution in [1.29, 1.82) is 0 Å². The zero-order valence-corrected chi connectivity index (χ0v) is 14.6. The lowest BCUT2D eigenvalue weighted by molar-refractivity contribution is -0.140. The summed E-state index contributed by atoms with van der Waals surface area (Å²) in [4.78, 5) is 26.0. The molecule has 2 saturated heterocycles. The Morgan fingerprint density at radius 1 is 1.12 bits per heavy atom. The highest BCUT2D eigenvalue weighted by Crippen LogP contribution is 2.33. The highest BCUT2D eigenvalue weighted by atomic mass is 16.2. The fourth-order valence-electron chi connectivity index (χ4n) is 4.11. The average molecular weight is 336 g/mol. The molecule has 2 aliphatic rings. The number of nitrogens with zero attached hydrogens (tertiary/aromatic N) is 4. The Morgan fingerprint density at radius 3 is 2.76 bits per heavy atom. The fourth-order valence-corrected chi connectivity index (χ4v) is 4.11. The van der Waals surface area contributed by atoms with Crippen LogP contribution in [-0.4, -0.2) is 45.3 Å². The molecule has 5 nitrogen and oxygen atoms in total. The maximum Gasteiger partial charge on any atom is 0.227 e. The van der Waals surface area contributed by atoms with Crippen molar-refractivity contribution < 1.29 is 4.79 Å². The number of hydrogen-bond donors (Lipinski definition) is 0. The van der Waals surface area contributed by atoms with E-state index in [-0.39, 0.29) is 5.92 Å². The van der Waals surface area contributed by atoms with Crippen molar-refractivity contribution in [2.75, 3.05) is 19.6 Å². The van der Waals surface area contributed by atoms with Gasteiger partial charge in [-0.2, -0.15) is 0 Å². The van der Waals surface area contributed by atoms with Gasteiger partial charge in [0.2, 0.25) is 5.91 Å². The molecule has 0 N–H and O–H groups in total. The molecule has 0 saturated carbocycles. The van der Waals surface area contributed by atoms with Crippen molar-refractivity contribution in [2.45, 2.75) is 26.4 Å². The predicted octanol–water partition coefficient (Wildman–Crippen LogP) is 2.27. The monoisotopic (exact) mass is 336 g/mol. The van der Waals surface area contributed by atoms with E-state index in [4.69, 9.17) is 0 Å². The van der Waals surface area contributed by atoms with Crippen molar-refractivity contribution in [3.8, 4) is 0 Å². The van der Waals surface area contributed by atoms with Gasteiger partial charge in [0.05, 0.1) is 11.6 Å². The molecule has 2 fully saturated rings. The number of carbonyl (C=O) groups is 1. The van der Waals surface area contributed by atoms with Crippen LogP contribution in [0, 0.1) is 18.8 Å². The van der Waals surface area contributed by atoms with E-state index in [0.29, 0.717) is 18.4 Å². The topological polar surface area (TPSA) is 49.3 Å². The Bertz CT molecular complexity index is 748. The van der Waals surface area contributed by atoms with Gasteiger partial charge in [0.25, 0.3) is 0 Å². The Hall–Kier alpha value is -2.27. The van der Waals surface area contributed by atoms with Gasteiger partial charge < -0.3 is 4.90 Å². The molecule has 0 radical (unpaired) electrons. The number of hydrogen-bond acceptors (Lipinski definition) is 4. The van der Waals surface area contributed by atoms with Crippen LogP contribution in [0.25, 0.3) is 0 Å². The average Bonchev–Trinajstić information content (AvgIpc) is 3.02. The minimum Gasteiger partial charge on any atom is -0.338 e. The summed E-state index contributed by atoms with van der Waals surface area (Å²) >= 11 is 0. The van der Waals surface area contributed by atoms with E-state index in [1.54, 1.807) is 12.4 Å². The fraction of sp³-hybridized carbons (Fsp3) is 0.450. The highest BCUT2D eigenvalue weighted by Gasteiger charge is 2.42. The molecule has 0 unspecified atom stereocenters. The number of fused-ring (bicyclic) bond motifs is 1. The normalized spacial score (nSPS) is 23.7. The van der Waals surface area contributed by atoms with Crippen molar-refractivity contribution in [2.24, 2.45) is 11.8 Å². The molecule has 0 aromatic carbocycles. The summed E-state index contributed by atoms with van der Waals surface area (Å²) in [5, 5.41) is 0. The molecule has 25 heavy (non-hydrogen) atoms. The first-order valence-electron chi connectivity index (χ1n) is 9.01. The van der Waals surface area contributed by atoms with E-state index < -0.39 is 0 Å². The second kappa shape index (κ2) is 6.92. The summed E-state index contributed by atoms with van der Waals surface area (Å²) < 4.78 is 0. The molecular formula is C20H24N4O. The van der Waals surface area contributed by atoms with Crippen molar-refractivity contribution in [3.63, 3.8) is 0 Å². The van der Waals surface area contributed by atoms with E-state index in [2.05, 4.69) is 27.0 Å². The van der Waals surface area contributed by atoms with E-state index in [1.165, 1.54) is 0 Å². The highest BCUT2D eigenvalue weighted by molar-refractivity contribution is 5.80. The third kappa shape index (κ3) is 3.56. The van der Waals surface area contributed by atoms with Crippen LogP contribution >= 0.6 is 0 Å². The number of rotatable bonds is 4. The van der Waals surface area contributed by atoms with Gasteiger partial charge in [-0.25, -0.2) is 0 Å². The van der Waals surface area contributed by atoms with Gasteiger partial charge in [0.15, 0.2) is 0 Å². The summed E-state index contributed by atoms with van der Waals surface area (Å²) in [6.07, 6.45) is 4.68. The van der Waals surface area contributed by atoms with Gasteiger partial charge in [-0.15, -0.1) is 0 Å². The minimum atomic E-state index is 0.139. The molecule has 5 heteroatoms. The quantitative estimate of drug-likeness (QED) is 0.859. The minimum absolute atomic E-state index is 0.139. The number of pyridine rings is 2. The van der Waals surface area contributed by atoms with Crippen LogP contribution in [0.2, 0.25) is 0 Å². The van der Waals surface area contributed by atoms with Crippen LogP contribution in [0.1, 0.15) is 23.4 Å². The number of carbonyl (C=O) groups excluding carboxylic acids is 1. The lowest BCUT2D eigenvalue weighted by atomic mass is 9.88. The first-order chi connectivity index (χ1) is 12.2. The molecule has 0 bridgehead atoms. The summed E-state index contributed by atoms with van der Waals surface area (Å²) in [5.41, 5.74) is 3.30. The van der Waals surface area contributed by atoms with Crippen molar-refractivity contribution >= 4 is 5.91 Å². The van der Waals surface area contributed by atoms with Crippen LogP contribution < -0.4 is 0 Å². The molecule has 4 rings (SSSR count). The number of piperidine rings is 1. The summed E-state index contributed by atoms with van der Waals surface area (Å²) in [6.45, 7) is 6.28.